The minimum absolute atomic E-state index is 0.0854. The van der Waals surface area contributed by atoms with Crippen LogP contribution in [-0.4, -0.2) is 49.8 Å². The number of hydrogen-bond acceptors (Lipinski definition) is 5. The fourth-order valence-corrected chi connectivity index (χ4v) is 3.81. The Balaban J connectivity index is 1.66. The van der Waals surface area contributed by atoms with Crippen LogP contribution in [0, 0.1) is 0 Å². The van der Waals surface area contributed by atoms with Gasteiger partial charge in [0.05, 0.1) is 5.75 Å². The Bertz CT molecular complexity index is 762. The molecule has 25 heavy (non-hydrogen) atoms. The molecule has 2 aromatic rings. The number of likely N-dealkylation sites (tertiary alicyclic amines) is 1. The summed E-state index contributed by atoms with van der Waals surface area (Å²) in [7, 11) is 1.88. The third kappa shape index (κ3) is 3.84. The van der Waals surface area contributed by atoms with E-state index in [1.54, 1.807) is 4.90 Å². The van der Waals surface area contributed by atoms with Crippen LogP contribution in [0.3, 0.4) is 0 Å². The fraction of sp³-hybridized carbons (Fsp3) is 0.412. The average molecular weight is 359 g/mol. The molecular weight excluding hydrogens is 338 g/mol. The number of nitrogens with zero attached hydrogens (tertiary/aromatic N) is 4. The second-order valence-corrected chi connectivity index (χ2v) is 6.96. The number of benzene rings is 1. The van der Waals surface area contributed by atoms with Gasteiger partial charge in [0.2, 0.25) is 11.8 Å². The molecular formula is C17H21N5O2S. The molecule has 1 aromatic heterocycles. The van der Waals surface area contributed by atoms with E-state index in [1.807, 2.05) is 41.9 Å². The summed E-state index contributed by atoms with van der Waals surface area (Å²) in [6.45, 7) is 0.584. The average Bonchev–Trinajstić information content (AvgIpc) is 3.01. The van der Waals surface area contributed by atoms with Gasteiger partial charge in [-0.1, -0.05) is 42.1 Å². The molecule has 1 aromatic carbocycles. The van der Waals surface area contributed by atoms with Crippen molar-refractivity contribution in [2.24, 2.45) is 12.8 Å². The molecule has 0 aliphatic carbocycles. The first kappa shape index (κ1) is 17.5. The van der Waals surface area contributed by atoms with Gasteiger partial charge in [-0.05, 0) is 19.3 Å². The van der Waals surface area contributed by atoms with Crippen LogP contribution in [0.1, 0.15) is 19.3 Å². The van der Waals surface area contributed by atoms with Gasteiger partial charge >= 0.3 is 0 Å². The molecule has 1 aliphatic rings. The second-order valence-electron chi connectivity index (χ2n) is 6.02. The number of thioether (sulfide) groups is 1. The number of nitrogens with two attached hydrogens (primary N) is 1. The Morgan fingerprint density at radius 2 is 2.00 bits per heavy atom. The normalized spacial score (nSPS) is 17.5. The van der Waals surface area contributed by atoms with E-state index in [0.717, 1.165) is 24.2 Å². The molecule has 1 atom stereocenters. The third-order valence-corrected chi connectivity index (χ3v) is 5.35. The van der Waals surface area contributed by atoms with Crippen molar-refractivity contribution in [2.45, 2.75) is 30.5 Å². The molecule has 0 radical (unpaired) electrons. The molecule has 132 valence electrons. The van der Waals surface area contributed by atoms with Crippen LogP contribution in [0.5, 0.6) is 0 Å². The van der Waals surface area contributed by atoms with Crippen molar-refractivity contribution in [1.82, 2.24) is 19.7 Å². The molecule has 1 fully saturated rings. The lowest BCUT2D eigenvalue weighted by Crippen LogP contribution is -2.51. The molecule has 0 bridgehead atoms. The topological polar surface area (TPSA) is 94.1 Å². The molecule has 0 unspecified atom stereocenters. The molecule has 8 heteroatoms. The number of rotatable bonds is 5. The second kappa shape index (κ2) is 7.69. The number of carbonyl (C=O) groups excluding carboxylic acids is 2. The van der Waals surface area contributed by atoms with Crippen molar-refractivity contribution < 1.29 is 9.59 Å². The summed E-state index contributed by atoms with van der Waals surface area (Å²) in [6.07, 6.45) is 2.48. The maximum absolute atomic E-state index is 12.5. The standard InChI is InChI=1S/C17H21N5O2S/c1-21-16(12-7-3-2-4-8-12)19-20-17(21)25-11-14(23)22-10-6-5-9-13(22)15(18)24/h2-4,7-8,13H,5-6,9-11H2,1H3,(H2,18,24)/t13-/m0/s1. The summed E-state index contributed by atoms with van der Waals surface area (Å²) in [6, 6.07) is 9.29. The quantitative estimate of drug-likeness (QED) is 0.815. The van der Waals surface area contributed by atoms with Crippen molar-refractivity contribution in [2.75, 3.05) is 12.3 Å². The summed E-state index contributed by atoms with van der Waals surface area (Å²) >= 11 is 1.32. The van der Waals surface area contributed by atoms with E-state index in [9.17, 15) is 9.59 Å². The van der Waals surface area contributed by atoms with Crippen molar-refractivity contribution in [3.8, 4) is 11.4 Å². The molecule has 2 heterocycles. The van der Waals surface area contributed by atoms with Gasteiger partial charge in [-0.2, -0.15) is 0 Å². The van der Waals surface area contributed by atoms with E-state index < -0.39 is 11.9 Å². The molecule has 0 spiro atoms. The number of aromatic nitrogens is 3. The Hall–Kier alpha value is -2.35. The Morgan fingerprint density at radius 3 is 2.72 bits per heavy atom. The smallest absolute Gasteiger partial charge is 0.240 e. The summed E-state index contributed by atoms with van der Waals surface area (Å²) in [4.78, 5) is 25.7. The molecule has 0 saturated carbocycles. The first-order valence-electron chi connectivity index (χ1n) is 8.24. The Labute approximate surface area is 150 Å². The predicted octanol–water partition coefficient (Wildman–Crippen LogP) is 1.44. The first-order chi connectivity index (χ1) is 12.1. The van der Waals surface area contributed by atoms with Gasteiger partial charge in [-0.3, -0.25) is 9.59 Å². The zero-order chi connectivity index (χ0) is 17.8. The van der Waals surface area contributed by atoms with Gasteiger partial charge in [0, 0.05) is 19.2 Å². The van der Waals surface area contributed by atoms with Crippen LogP contribution >= 0.6 is 11.8 Å². The van der Waals surface area contributed by atoms with Crippen LogP contribution < -0.4 is 5.73 Å². The number of primary amides is 1. The lowest BCUT2D eigenvalue weighted by Gasteiger charge is -2.33. The van der Waals surface area contributed by atoms with Gasteiger partial charge in [-0.15, -0.1) is 10.2 Å². The minimum atomic E-state index is -0.485. The molecule has 1 aliphatic heterocycles. The van der Waals surface area contributed by atoms with Crippen LogP contribution in [-0.2, 0) is 16.6 Å². The van der Waals surface area contributed by atoms with Crippen LogP contribution in [0.4, 0.5) is 0 Å². The SMILES string of the molecule is Cn1c(SCC(=O)N2CCCC[C@H]2C(N)=O)nnc1-c1ccccc1. The fourth-order valence-electron chi connectivity index (χ4n) is 3.01. The maximum atomic E-state index is 12.5. The van der Waals surface area contributed by atoms with E-state index in [2.05, 4.69) is 10.2 Å². The molecule has 3 rings (SSSR count). The summed E-state index contributed by atoms with van der Waals surface area (Å²) < 4.78 is 1.87. The van der Waals surface area contributed by atoms with E-state index in [4.69, 9.17) is 5.73 Å². The summed E-state index contributed by atoms with van der Waals surface area (Å²) in [5.74, 6) is 0.453. The lowest BCUT2D eigenvalue weighted by atomic mass is 10.0. The Kier molecular flexibility index (Phi) is 5.37. The zero-order valence-corrected chi connectivity index (χ0v) is 14.9. The van der Waals surface area contributed by atoms with Crippen LogP contribution in [0.15, 0.2) is 35.5 Å². The van der Waals surface area contributed by atoms with Crippen molar-refractivity contribution in [3.63, 3.8) is 0 Å². The molecule has 2 N–H and O–H groups in total. The monoisotopic (exact) mass is 359 g/mol. The third-order valence-electron chi connectivity index (χ3n) is 4.34. The van der Waals surface area contributed by atoms with E-state index in [1.165, 1.54) is 11.8 Å². The largest absolute Gasteiger partial charge is 0.368 e. The van der Waals surface area contributed by atoms with Gasteiger partial charge in [-0.25, -0.2) is 0 Å². The highest BCUT2D eigenvalue weighted by Crippen LogP contribution is 2.24. The van der Waals surface area contributed by atoms with Crippen molar-refractivity contribution >= 4 is 23.6 Å². The first-order valence-corrected chi connectivity index (χ1v) is 9.23. The maximum Gasteiger partial charge on any atom is 0.240 e. The minimum Gasteiger partial charge on any atom is -0.368 e. The van der Waals surface area contributed by atoms with Crippen molar-refractivity contribution in [1.29, 1.82) is 0 Å². The molecule has 2 amide bonds. The van der Waals surface area contributed by atoms with E-state index in [0.29, 0.717) is 18.1 Å². The molecule has 7 nitrogen and oxygen atoms in total. The van der Waals surface area contributed by atoms with Crippen LogP contribution in [0.2, 0.25) is 0 Å². The summed E-state index contributed by atoms with van der Waals surface area (Å²) in [5, 5.41) is 9.06. The van der Waals surface area contributed by atoms with Gasteiger partial charge < -0.3 is 15.2 Å². The lowest BCUT2D eigenvalue weighted by molar-refractivity contribution is -0.138. The predicted molar refractivity (Wildman–Crippen MR) is 95.7 cm³/mol. The van der Waals surface area contributed by atoms with E-state index in [-0.39, 0.29) is 11.7 Å². The number of amides is 2. The summed E-state index contributed by atoms with van der Waals surface area (Å²) in [5.41, 5.74) is 6.40. The molecule has 1 saturated heterocycles. The number of hydrogen-bond donors (Lipinski definition) is 1. The van der Waals surface area contributed by atoms with Gasteiger partial charge in [0.25, 0.3) is 0 Å². The number of piperidine rings is 1. The van der Waals surface area contributed by atoms with Gasteiger partial charge in [0.1, 0.15) is 6.04 Å². The zero-order valence-electron chi connectivity index (χ0n) is 14.1. The van der Waals surface area contributed by atoms with Crippen LogP contribution in [0.25, 0.3) is 11.4 Å². The highest BCUT2D eigenvalue weighted by atomic mass is 32.2. The Morgan fingerprint density at radius 1 is 1.24 bits per heavy atom. The van der Waals surface area contributed by atoms with E-state index >= 15 is 0 Å². The number of carbonyl (C=O) groups is 2. The van der Waals surface area contributed by atoms with Crippen molar-refractivity contribution in [3.05, 3.63) is 30.3 Å². The van der Waals surface area contributed by atoms with Gasteiger partial charge in [0.15, 0.2) is 11.0 Å². The highest BCUT2D eigenvalue weighted by molar-refractivity contribution is 7.99. The highest BCUT2D eigenvalue weighted by Gasteiger charge is 2.30.